The molecule has 2 amide bonds. The van der Waals surface area contributed by atoms with Crippen LogP contribution in [0.4, 0.5) is 0 Å². The second-order valence-corrected chi connectivity index (χ2v) is 7.24. The van der Waals surface area contributed by atoms with Crippen molar-refractivity contribution in [3.63, 3.8) is 0 Å². The van der Waals surface area contributed by atoms with Gasteiger partial charge in [0.1, 0.15) is 5.75 Å². The third-order valence-electron chi connectivity index (χ3n) is 4.31. The first-order chi connectivity index (χ1) is 13.5. The Morgan fingerprint density at radius 1 is 0.964 bits per heavy atom. The van der Waals surface area contributed by atoms with Crippen LogP contribution in [0.15, 0.2) is 60.7 Å². The van der Waals surface area contributed by atoms with Crippen molar-refractivity contribution in [2.45, 2.75) is 13.0 Å². The molecule has 0 aliphatic rings. The van der Waals surface area contributed by atoms with Gasteiger partial charge in [-0.25, -0.2) is 5.48 Å². The highest BCUT2D eigenvalue weighted by Crippen LogP contribution is 2.26. The van der Waals surface area contributed by atoms with Crippen molar-refractivity contribution in [3.05, 3.63) is 76.0 Å². The Morgan fingerprint density at radius 3 is 2.29 bits per heavy atom. The Hall–Kier alpha value is -3.16. The smallest absolute Gasteiger partial charge is 0.284 e. The number of benzene rings is 2. The molecule has 0 radical (unpaired) electrons. The summed E-state index contributed by atoms with van der Waals surface area (Å²) in [5, 5.41) is 11.6. The summed E-state index contributed by atoms with van der Waals surface area (Å²) in [6.45, 7) is 1.90. The van der Waals surface area contributed by atoms with Gasteiger partial charge in [-0.15, -0.1) is 11.3 Å². The van der Waals surface area contributed by atoms with Gasteiger partial charge in [0.05, 0.1) is 22.9 Å². The average Bonchev–Trinajstić information content (AvgIpc) is 3.24. The van der Waals surface area contributed by atoms with E-state index in [9.17, 15) is 9.59 Å². The van der Waals surface area contributed by atoms with Gasteiger partial charge in [0, 0.05) is 0 Å². The Balaban J connectivity index is 1.73. The highest BCUT2D eigenvalue weighted by molar-refractivity contribution is 7.15. The van der Waals surface area contributed by atoms with Crippen LogP contribution >= 0.6 is 11.3 Å². The van der Waals surface area contributed by atoms with Crippen molar-refractivity contribution in [2.75, 3.05) is 7.11 Å². The van der Waals surface area contributed by atoms with E-state index in [1.165, 1.54) is 6.07 Å². The summed E-state index contributed by atoms with van der Waals surface area (Å²) >= 11 is 1.02. The summed E-state index contributed by atoms with van der Waals surface area (Å²) in [4.78, 5) is 24.5. The predicted octanol–water partition coefficient (Wildman–Crippen LogP) is 4.03. The van der Waals surface area contributed by atoms with E-state index in [-0.39, 0.29) is 16.8 Å². The Labute approximate surface area is 166 Å². The summed E-state index contributed by atoms with van der Waals surface area (Å²) in [6, 6.07) is 18.6. The molecular formula is C21H20N2O4S. The molecule has 0 spiro atoms. The number of rotatable bonds is 6. The largest absolute Gasteiger partial charge is 0.497 e. The number of thiophene rings is 1. The summed E-state index contributed by atoms with van der Waals surface area (Å²) in [5.74, 6) is -0.112. The average molecular weight is 396 g/mol. The van der Waals surface area contributed by atoms with Gasteiger partial charge in [-0.1, -0.05) is 30.3 Å². The summed E-state index contributed by atoms with van der Waals surface area (Å²) in [7, 11) is 1.63. The first kappa shape index (κ1) is 19.6. The third-order valence-corrected chi connectivity index (χ3v) is 5.40. The molecule has 28 heavy (non-hydrogen) atoms. The Morgan fingerprint density at radius 2 is 1.64 bits per heavy atom. The molecule has 0 fully saturated rings. The number of hydrogen-bond donors (Lipinski definition) is 3. The third kappa shape index (κ3) is 4.39. The molecule has 3 rings (SSSR count). The van der Waals surface area contributed by atoms with Crippen LogP contribution < -0.4 is 15.5 Å². The van der Waals surface area contributed by atoms with E-state index in [4.69, 9.17) is 9.94 Å². The minimum Gasteiger partial charge on any atom is -0.497 e. The van der Waals surface area contributed by atoms with Crippen LogP contribution in [-0.2, 0) is 0 Å². The summed E-state index contributed by atoms with van der Waals surface area (Å²) in [5.41, 5.74) is 4.62. The van der Waals surface area contributed by atoms with E-state index >= 15 is 0 Å². The van der Waals surface area contributed by atoms with Crippen molar-refractivity contribution in [1.29, 1.82) is 0 Å². The fourth-order valence-electron chi connectivity index (χ4n) is 2.76. The molecule has 7 heteroatoms. The van der Waals surface area contributed by atoms with Crippen molar-refractivity contribution in [1.82, 2.24) is 10.8 Å². The van der Waals surface area contributed by atoms with E-state index in [0.29, 0.717) is 4.88 Å². The molecule has 0 aliphatic heterocycles. The van der Waals surface area contributed by atoms with E-state index < -0.39 is 5.91 Å². The van der Waals surface area contributed by atoms with Crippen LogP contribution in [0.3, 0.4) is 0 Å². The second kappa shape index (κ2) is 8.69. The van der Waals surface area contributed by atoms with Crippen LogP contribution in [0.1, 0.15) is 37.9 Å². The lowest BCUT2D eigenvalue weighted by atomic mass is 10.00. The molecule has 3 aromatic rings. The standard InChI is InChI=1S/C21H20N2O4S/c1-13(22-20(24)18-10-11-19(28-18)21(25)23-26)15-4-3-5-16(12-15)14-6-8-17(27-2)9-7-14/h3-13,26H,1-2H3,(H,22,24)(H,23,25). The van der Waals surface area contributed by atoms with Crippen molar-refractivity contribution >= 4 is 23.2 Å². The second-order valence-electron chi connectivity index (χ2n) is 6.15. The molecule has 0 aliphatic carbocycles. The van der Waals surface area contributed by atoms with Gasteiger partial charge in [0.25, 0.3) is 11.8 Å². The summed E-state index contributed by atoms with van der Waals surface area (Å²) in [6.07, 6.45) is 0. The lowest BCUT2D eigenvalue weighted by molar-refractivity contribution is 0.0711. The number of hydroxylamine groups is 1. The fraction of sp³-hybridized carbons (Fsp3) is 0.143. The fourth-order valence-corrected chi connectivity index (χ4v) is 3.56. The van der Waals surface area contributed by atoms with E-state index in [1.807, 2.05) is 55.5 Å². The molecule has 0 bridgehead atoms. The Bertz CT molecular complexity index is 982. The van der Waals surface area contributed by atoms with Crippen LogP contribution in [0.25, 0.3) is 11.1 Å². The molecule has 144 valence electrons. The zero-order valence-electron chi connectivity index (χ0n) is 15.4. The lowest BCUT2D eigenvalue weighted by Crippen LogP contribution is -2.25. The molecule has 6 nitrogen and oxygen atoms in total. The van der Waals surface area contributed by atoms with E-state index in [0.717, 1.165) is 33.8 Å². The van der Waals surface area contributed by atoms with Gasteiger partial charge in [0.15, 0.2) is 0 Å². The predicted molar refractivity (Wildman–Crippen MR) is 108 cm³/mol. The summed E-state index contributed by atoms with van der Waals surface area (Å²) < 4.78 is 5.19. The maximum atomic E-state index is 12.5. The topological polar surface area (TPSA) is 87.7 Å². The van der Waals surface area contributed by atoms with E-state index in [1.54, 1.807) is 18.7 Å². The van der Waals surface area contributed by atoms with Gasteiger partial charge < -0.3 is 10.1 Å². The number of methoxy groups -OCH3 is 1. The molecule has 2 aromatic carbocycles. The number of nitrogens with one attached hydrogen (secondary N) is 2. The van der Waals surface area contributed by atoms with Crippen molar-refractivity contribution < 1.29 is 19.5 Å². The minimum atomic E-state index is -0.635. The molecule has 1 aromatic heterocycles. The van der Waals surface area contributed by atoms with Gasteiger partial charge in [-0.2, -0.15) is 0 Å². The van der Waals surface area contributed by atoms with Gasteiger partial charge in [-0.3, -0.25) is 14.8 Å². The molecule has 1 heterocycles. The zero-order chi connectivity index (χ0) is 20.1. The number of hydrogen-bond acceptors (Lipinski definition) is 5. The quantitative estimate of drug-likeness (QED) is 0.434. The molecule has 3 N–H and O–H groups in total. The zero-order valence-corrected chi connectivity index (χ0v) is 16.2. The van der Waals surface area contributed by atoms with Gasteiger partial charge in [-0.05, 0) is 53.9 Å². The molecule has 0 saturated heterocycles. The highest BCUT2D eigenvalue weighted by Gasteiger charge is 2.16. The SMILES string of the molecule is COc1ccc(-c2cccc(C(C)NC(=O)c3ccc(C(=O)NO)s3)c2)cc1. The van der Waals surface area contributed by atoms with Gasteiger partial charge in [0.2, 0.25) is 0 Å². The monoisotopic (exact) mass is 396 g/mol. The lowest BCUT2D eigenvalue weighted by Gasteiger charge is -2.15. The molecular weight excluding hydrogens is 376 g/mol. The number of carbonyl (C=O) groups is 2. The first-order valence-corrected chi connectivity index (χ1v) is 9.43. The van der Waals surface area contributed by atoms with Crippen molar-refractivity contribution in [2.24, 2.45) is 0 Å². The first-order valence-electron chi connectivity index (χ1n) is 8.61. The van der Waals surface area contributed by atoms with Gasteiger partial charge >= 0.3 is 0 Å². The number of carbonyl (C=O) groups excluding carboxylic acids is 2. The van der Waals surface area contributed by atoms with Crippen LogP contribution in [0.2, 0.25) is 0 Å². The van der Waals surface area contributed by atoms with Crippen LogP contribution in [0.5, 0.6) is 5.75 Å². The molecule has 0 saturated carbocycles. The van der Waals surface area contributed by atoms with Crippen LogP contribution in [0, 0.1) is 0 Å². The highest BCUT2D eigenvalue weighted by atomic mass is 32.1. The number of ether oxygens (including phenoxy) is 1. The molecule has 1 unspecified atom stereocenters. The minimum absolute atomic E-state index is 0.220. The van der Waals surface area contributed by atoms with E-state index in [2.05, 4.69) is 5.32 Å². The normalized spacial score (nSPS) is 11.5. The molecule has 1 atom stereocenters. The Kier molecular flexibility index (Phi) is 6.08. The maximum Gasteiger partial charge on any atom is 0.284 e. The number of amides is 2. The van der Waals surface area contributed by atoms with Crippen molar-refractivity contribution in [3.8, 4) is 16.9 Å². The van der Waals surface area contributed by atoms with Crippen LogP contribution in [-0.4, -0.2) is 24.1 Å². The maximum absolute atomic E-state index is 12.5.